The third-order valence-corrected chi connectivity index (χ3v) is 2.72. The molecule has 1 aromatic heterocycles. The number of nitro benzene ring substituents is 1. The van der Waals surface area contributed by atoms with Crippen LogP contribution < -0.4 is 5.32 Å². The summed E-state index contributed by atoms with van der Waals surface area (Å²) < 4.78 is 36.3. The van der Waals surface area contributed by atoms with Crippen LogP contribution in [0.15, 0.2) is 30.6 Å². The standard InChI is InChI=1S/C12H10F3N3O2/c13-12(14,15)4-6-17-10-1-2-11(18(19)20)9-7-16-5-3-8(9)10/h1-3,5,7,17H,4,6H2. The first-order valence-electron chi connectivity index (χ1n) is 5.70. The Morgan fingerprint density at radius 2 is 2.00 bits per heavy atom. The number of hydrogen-bond donors (Lipinski definition) is 1. The minimum atomic E-state index is -4.24. The number of nitrogens with one attached hydrogen (secondary N) is 1. The minimum Gasteiger partial charge on any atom is -0.384 e. The lowest BCUT2D eigenvalue weighted by molar-refractivity contribution is -0.383. The summed E-state index contributed by atoms with van der Waals surface area (Å²) in [6.07, 6.45) is -2.47. The quantitative estimate of drug-likeness (QED) is 0.689. The molecule has 5 nitrogen and oxygen atoms in total. The Balaban J connectivity index is 2.31. The molecule has 0 aliphatic carbocycles. The topological polar surface area (TPSA) is 68.1 Å². The van der Waals surface area contributed by atoms with Crippen molar-refractivity contribution in [3.63, 3.8) is 0 Å². The average Bonchev–Trinajstić information content (AvgIpc) is 2.37. The Morgan fingerprint density at radius 3 is 2.65 bits per heavy atom. The summed E-state index contributed by atoms with van der Waals surface area (Å²) in [7, 11) is 0. The molecule has 1 N–H and O–H groups in total. The second-order valence-electron chi connectivity index (χ2n) is 4.10. The highest BCUT2D eigenvalue weighted by Gasteiger charge is 2.26. The lowest BCUT2D eigenvalue weighted by Gasteiger charge is -2.11. The van der Waals surface area contributed by atoms with Crippen LogP contribution in [0.2, 0.25) is 0 Å². The number of aromatic nitrogens is 1. The number of halogens is 3. The Morgan fingerprint density at radius 1 is 1.25 bits per heavy atom. The molecule has 0 amide bonds. The molecular weight excluding hydrogens is 275 g/mol. The van der Waals surface area contributed by atoms with Gasteiger partial charge >= 0.3 is 6.18 Å². The van der Waals surface area contributed by atoms with E-state index in [1.165, 1.54) is 30.6 Å². The van der Waals surface area contributed by atoms with E-state index in [0.717, 1.165) is 0 Å². The Bertz CT molecular complexity index is 643. The predicted molar refractivity (Wildman–Crippen MR) is 67.6 cm³/mol. The Hall–Kier alpha value is -2.38. The van der Waals surface area contributed by atoms with Crippen LogP contribution in [0.5, 0.6) is 0 Å². The highest BCUT2D eigenvalue weighted by atomic mass is 19.4. The van der Waals surface area contributed by atoms with E-state index in [2.05, 4.69) is 10.3 Å². The van der Waals surface area contributed by atoms with Crippen LogP contribution in [0, 0.1) is 10.1 Å². The first-order chi connectivity index (χ1) is 9.38. The van der Waals surface area contributed by atoms with Crippen LogP contribution in [-0.4, -0.2) is 22.6 Å². The van der Waals surface area contributed by atoms with E-state index >= 15 is 0 Å². The number of alkyl halides is 3. The van der Waals surface area contributed by atoms with E-state index in [1.807, 2.05) is 0 Å². The SMILES string of the molecule is O=[N+]([O-])c1ccc(NCCC(F)(F)F)c2ccncc12. The van der Waals surface area contributed by atoms with Crippen LogP contribution in [0.1, 0.15) is 6.42 Å². The molecule has 2 aromatic rings. The van der Waals surface area contributed by atoms with Crippen molar-refractivity contribution in [2.24, 2.45) is 0 Å². The molecule has 0 fully saturated rings. The molecule has 0 aliphatic rings. The second kappa shape index (κ2) is 5.32. The summed E-state index contributed by atoms with van der Waals surface area (Å²) in [5, 5.41) is 14.3. The van der Waals surface area contributed by atoms with Crippen LogP contribution >= 0.6 is 0 Å². The molecule has 1 aromatic carbocycles. The maximum atomic E-state index is 12.1. The molecule has 1 heterocycles. The van der Waals surface area contributed by atoms with Crippen molar-refractivity contribution in [1.29, 1.82) is 0 Å². The van der Waals surface area contributed by atoms with Crippen molar-refractivity contribution in [2.75, 3.05) is 11.9 Å². The highest BCUT2D eigenvalue weighted by molar-refractivity contribution is 5.99. The van der Waals surface area contributed by atoms with E-state index in [0.29, 0.717) is 11.1 Å². The summed E-state index contributed by atoms with van der Waals surface area (Å²) in [4.78, 5) is 14.1. The van der Waals surface area contributed by atoms with Gasteiger partial charge < -0.3 is 5.32 Å². The van der Waals surface area contributed by atoms with Gasteiger partial charge in [0.05, 0.1) is 16.7 Å². The minimum absolute atomic E-state index is 0.130. The van der Waals surface area contributed by atoms with Gasteiger partial charge in [0.15, 0.2) is 0 Å². The molecule has 0 saturated heterocycles. The average molecular weight is 285 g/mol. The number of benzene rings is 1. The summed E-state index contributed by atoms with van der Waals surface area (Å²) >= 11 is 0. The number of fused-ring (bicyclic) bond motifs is 1. The molecule has 20 heavy (non-hydrogen) atoms. The maximum Gasteiger partial charge on any atom is 0.390 e. The van der Waals surface area contributed by atoms with Gasteiger partial charge in [-0.3, -0.25) is 15.1 Å². The van der Waals surface area contributed by atoms with E-state index < -0.39 is 17.5 Å². The smallest absolute Gasteiger partial charge is 0.384 e. The van der Waals surface area contributed by atoms with Crippen molar-refractivity contribution in [2.45, 2.75) is 12.6 Å². The van der Waals surface area contributed by atoms with Crippen LogP contribution in [0.3, 0.4) is 0 Å². The molecule has 0 spiro atoms. The number of pyridine rings is 1. The molecule has 0 radical (unpaired) electrons. The van der Waals surface area contributed by atoms with Crippen LogP contribution in [0.4, 0.5) is 24.5 Å². The van der Waals surface area contributed by atoms with E-state index in [9.17, 15) is 23.3 Å². The van der Waals surface area contributed by atoms with Crippen LogP contribution in [0.25, 0.3) is 10.8 Å². The lowest BCUT2D eigenvalue weighted by atomic mass is 10.1. The fraction of sp³-hybridized carbons (Fsp3) is 0.250. The summed E-state index contributed by atoms with van der Waals surface area (Å²) in [6.45, 7) is -0.293. The zero-order chi connectivity index (χ0) is 14.8. The van der Waals surface area contributed by atoms with Gasteiger partial charge in [0.1, 0.15) is 0 Å². The summed E-state index contributed by atoms with van der Waals surface area (Å²) in [5.41, 5.74) is 0.284. The van der Waals surface area contributed by atoms with Gasteiger partial charge in [-0.15, -0.1) is 0 Å². The number of rotatable bonds is 4. The fourth-order valence-corrected chi connectivity index (χ4v) is 1.83. The maximum absolute atomic E-state index is 12.1. The molecule has 2 rings (SSSR count). The number of nitro groups is 1. The molecular formula is C12H10F3N3O2. The monoisotopic (exact) mass is 285 g/mol. The Labute approximate surface area is 111 Å². The lowest BCUT2D eigenvalue weighted by Crippen LogP contribution is -2.14. The number of nitrogens with zero attached hydrogens (tertiary/aromatic N) is 2. The molecule has 0 aliphatic heterocycles. The normalized spacial score (nSPS) is 11.6. The summed E-state index contributed by atoms with van der Waals surface area (Å²) in [6, 6.07) is 4.18. The van der Waals surface area contributed by atoms with E-state index in [1.54, 1.807) is 0 Å². The van der Waals surface area contributed by atoms with Gasteiger partial charge in [0.2, 0.25) is 0 Å². The van der Waals surface area contributed by atoms with Gasteiger partial charge in [0.25, 0.3) is 5.69 Å². The van der Waals surface area contributed by atoms with Gasteiger partial charge in [-0.05, 0) is 12.1 Å². The first kappa shape index (κ1) is 14.0. The summed E-state index contributed by atoms with van der Waals surface area (Å²) in [5.74, 6) is 0. The van der Waals surface area contributed by atoms with Crippen molar-refractivity contribution in [3.05, 3.63) is 40.7 Å². The number of anilines is 1. The van der Waals surface area contributed by atoms with Crippen molar-refractivity contribution in [1.82, 2.24) is 4.98 Å². The van der Waals surface area contributed by atoms with E-state index in [-0.39, 0.29) is 17.6 Å². The predicted octanol–water partition coefficient (Wildman–Crippen LogP) is 3.51. The second-order valence-corrected chi connectivity index (χ2v) is 4.10. The first-order valence-corrected chi connectivity index (χ1v) is 5.70. The number of hydrogen-bond acceptors (Lipinski definition) is 4. The molecule has 0 atom stereocenters. The largest absolute Gasteiger partial charge is 0.390 e. The third kappa shape index (κ3) is 3.14. The van der Waals surface area contributed by atoms with Gasteiger partial charge in [-0.25, -0.2) is 0 Å². The van der Waals surface area contributed by atoms with Crippen molar-refractivity contribution >= 4 is 22.1 Å². The van der Waals surface area contributed by atoms with E-state index in [4.69, 9.17) is 0 Å². The van der Waals surface area contributed by atoms with Gasteiger partial charge in [-0.2, -0.15) is 13.2 Å². The fourth-order valence-electron chi connectivity index (χ4n) is 1.83. The van der Waals surface area contributed by atoms with Crippen LogP contribution in [-0.2, 0) is 0 Å². The molecule has 106 valence electrons. The molecule has 0 unspecified atom stereocenters. The zero-order valence-electron chi connectivity index (χ0n) is 10.1. The third-order valence-electron chi connectivity index (χ3n) is 2.72. The van der Waals surface area contributed by atoms with Crippen molar-refractivity contribution in [3.8, 4) is 0 Å². The molecule has 0 bridgehead atoms. The number of non-ortho nitro benzene ring substituents is 1. The highest BCUT2D eigenvalue weighted by Crippen LogP contribution is 2.31. The Kier molecular flexibility index (Phi) is 3.73. The zero-order valence-corrected chi connectivity index (χ0v) is 10.1. The molecule has 8 heteroatoms. The van der Waals surface area contributed by atoms with Gasteiger partial charge in [-0.1, -0.05) is 0 Å². The van der Waals surface area contributed by atoms with Gasteiger partial charge in [0, 0.05) is 36.1 Å². The molecule has 0 saturated carbocycles. The van der Waals surface area contributed by atoms with Crippen molar-refractivity contribution < 1.29 is 18.1 Å².